The van der Waals surface area contributed by atoms with Crippen LogP contribution in [0.15, 0.2) is 0 Å². The molecule has 0 radical (unpaired) electrons. The molecule has 2 aliphatic heterocycles. The average Bonchev–Trinajstić information content (AvgIpc) is 2.70. The first kappa shape index (κ1) is 11.1. The Morgan fingerprint density at radius 3 is 2.75 bits per heavy atom. The van der Waals surface area contributed by atoms with E-state index in [2.05, 4.69) is 5.32 Å². The van der Waals surface area contributed by atoms with Crippen LogP contribution in [-0.2, 0) is 14.4 Å². The fraction of sp³-hybridized carbons (Fsp3) is 0.700. The number of nitrogens with zero attached hydrogens (tertiary/aromatic N) is 1. The minimum Gasteiger partial charge on any atom is -0.480 e. The van der Waals surface area contributed by atoms with Crippen molar-refractivity contribution in [2.45, 2.75) is 37.8 Å². The molecule has 0 aliphatic carbocycles. The summed E-state index contributed by atoms with van der Waals surface area (Å²) >= 11 is 0. The molecule has 0 spiro atoms. The van der Waals surface area contributed by atoms with Crippen LogP contribution < -0.4 is 5.32 Å². The summed E-state index contributed by atoms with van der Waals surface area (Å²) in [7, 11) is 0. The van der Waals surface area contributed by atoms with Crippen molar-refractivity contribution in [3.8, 4) is 0 Å². The highest BCUT2D eigenvalue weighted by Gasteiger charge is 2.50. The molecule has 6 heteroatoms. The fourth-order valence-corrected chi connectivity index (χ4v) is 2.51. The predicted octanol–water partition coefficient (Wildman–Crippen LogP) is -0.659. The molecule has 0 bridgehead atoms. The maximum absolute atomic E-state index is 11.5. The van der Waals surface area contributed by atoms with E-state index in [9.17, 15) is 19.5 Å². The molecule has 2 rings (SSSR count). The molecule has 2 atom stereocenters. The number of aliphatic carboxylic acids is 1. The zero-order valence-electron chi connectivity index (χ0n) is 9.02. The number of carbonyl (C=O) groups is 3. The molecule has 2 N–H and O–H groups in total. The smallest absolute Gasteiger partial charge is 0.323 e. The van der Waals surface area contributed by atoms with Gasteiger partial charge in [0, 0.05) is 6.54 Å². The maximum Gasteiger partial charge on any atom is 0.323 e. The van der Waals surface area contributed by atoms with Gasteiger partial charge in [-0.05, 0) is 19.8 Å². The quantitative estimate of drug-likeness (QED) is 0.610. The van der Waals surface area contributed by atoms with E-state index in [0.29, 0.717) is 13.0 Å². The lowest BCUT2D eigenvalue weighted by atomic mass is 9.97. The van der Waals surface area contributed by atoms with E-state index in [1.54, 1.807) is 11.8 Å². The lowest BCUT2D eigenvalue weighted by Gasteiger charge is -2.34. The summed E-state index contributed by atoms with van der Waals surface area (Å²) in [4.78, 5) is 35.5. The van der Waals surface area contributed by atoms with Crippen molar-refractivity contribution in [1.82, 2.24) is 10.2 Å². The van der Waals surface area contributed by atoms with Crippen molar-refractivity contribution in [3.63, 3.8) is 0 Å². The summed E-state index contributed by atoms with van der Waals surface area (Å²) in [5, 5.41) is 11.4. The molecule has 0 aromatic rings. The number of carboxylic acid groups (broad SMARTS) is 1. The molecule has 0 saturated carbocycles. The van der Waals surface area contributed by atoms with Crippen molar-refractivity contribution < 1.29 is 19.5 Å². The van der Waals surface area contributed by atoms with Gasteiger partial charge in [0.1, 0.15) is 5.54 Å². The zero-order chi connectivity index (χ0) is 11.9. The van der Waals surface area contributed by atoms with Gasteiger partial charge in [-0.1, -0.05) is 0 Å². The summed E-state index contributed by atoms with van der Waals surface area (Å²) < 4.78 is 0. The largest absolute Gasteiger partial charge is 0.480 e. The van der Waals surface area contributed by atoms with Gasteiger partial charge in [-0.15, -0.1) is 0 Å². The van der Waals surface area contributed by atoms with Crippen molar-refractivity contribution in [2.75, 3.05) is 6.54 Å². The minimum absolute atomic E-state index is 0.0711. The molecule has 2 amide bonds. The number of carboxylic acids is 1. The molecule has 0 aromatic heterocycles. The summed E-state index contributed by atoms with van der Waals surface area (Å²) in [5.74, 6) is -1.63. The Labute approximate surface area is 92.6 Å². The summed E-state index contributed by atoms with van der Waals surface area (Å²) in [6.07, 6.45) is 1.32. The molecule has 2 fully saturated rings. The van der Waals surface area contributed by atoms with Crippen molar-refractivity contribution in [2.24, 2.45) is 0 Å². The Bertz CT molecular complexity index is 368. The number of hydrogen-bond donors (Lipinski definition) is 2. The van der Waals surface area contributed by atoms with E-state index in [1.165, 1.54) is 0 Å². The van der Waals surface area contributed by atoms with E-state index >= 15 is 0 Å². The standard InChI is InChI=1S/C10H14N2O4/c1-10(9(15)16)3-2-4-12(10)6-5-7(13)11-8(6)14/h6H,2-5H2,1H3,(H,15,16)(H,11,13,14). The molecule has 16 heavy (non-hydrogen) atoms. The predicted molar refractivity (Wildman–Crippen MR) is 53.5 cm³/mol. The molecule has 88 valence electrons. The van der Waals surface area contributed by atoms with E-state index in [-0.39, 0.29) is 18.2 Å². The third kappa shape index (κ3) is 1.49. The van der Waals surface area contributed by atoms with Crippen molar-refractivity contribution in [1.29, 1.82) is 0 Å². The highest BCUT2D eigenvalue weighted by atomic mass is 16.4. The molecule has 6 nitrogen and oxygen atoms in total. The number of likely N-dealkylation sites (tertiary alicyclic amines) is 1. The van der Waals surface area contributed by atoms with Gasteiger partial charge in [0.2, 0.25) is 11.8 Å². The van der Waals surface area contributed by atoms with Crippen LogP contribution in [0.4, 0.5) is 0 Å². The SMILES string of the molecule is CC1(C(=O)O)CCCN1C1CC(=O)NC1=O. The Kier molecular flexibility index (Phi) is 2.46. The van der Waals surface area contributed by atoms with Crippen LogP contribution >= 0.6 is 0 Å². The topological polar surface area (TPSA) is 86.7 Å². The molecular weight excluding hydrogens is 212 g/mol. The van der Waals surface area contributed by atoms with Crippen molar-refractivity contribution >= 4 is 17.8 Å². The van der Waals surface area contributed by atoms with Crippen LogP contribution in [0.1, 0.15) is 26.2 Å². The third-order valence-electron chi connectivity index (χ3n) is 3.48. The number of imide groups is 1. The highest BCUT2D eigenvalue weighted by Crippen LogP contribution is 2.33. The molecule has 2 saturated heterocycles. The zero-order valence-corrected chi connectivity index (χ0v) is 9.02. The lowest BCUT2D eigenvalue weighted by molar-refractivity contribution is -0.151. The molecular formula is C10H14N2O4. The van der Waals surface area contributed by atoms with Gasteiger partial charge in [0.05, 0.1) is 12.5 Å². The number of rotatable bonds is 2. The highest BCUT2D eigenvalue weighted by molar-refractivity contribution is 6.05. The molecule has 0 aromatic carbocycles. The van der Waals surface area contributed by atoms with Crippen LogP contribution in [0.25, 0.3) is 0 Å². The number of amides is 2. The maximum atomic E-state index is 11.5. The first-order chi connectivity index (χ1) is 7.45. The van der Waals surface area contributed by atoms with Crippen LogP contribution in [0.3, 0.4) is 0 Å². The number of nitrogens with one attached hydrogen (secondary N) is 1. The summed E-state index contributed by atoms with van der Waals surface area (Å²) in [6.45, 7) is 2.16. The fourth-order valence-electron chi connectivity index (χ4n) is 2.51. The van der Waals surface area contributed by atoms with Gasteiger partial charge < -0.3 is 5.11 Å². The number of hydrogen-bond acceptors (Lipinski definition) is 4. The van der Waals surface area contributed by atoms with E-state index in [0.717, 1.165) is 6.42 Å². The number of carbonyl (C=O) groups excluding carboxylic acids is 2. The second-order valence-electron chi connectivity index (χ2n) is 4.51. The van der Waals surface area contributed by atoms with Crippen LogP contribution in [0.5, 0.6) is 0 Å². The third-order valence-corrected chi connectivity index (χ3v) is 3.48. The van der Waals surface area contributed by atoms with E-state index in [4.69, 9.17) is 0 Å². The van der Waals surface area contributed by atoms with Gasteiger partial charge >= 0.3 is 5.97 Å². The first-order valence-corrected chi connectivity index (χ1v) is 5.29. The summed E-state index contributed by atoms with van der Waals surface area (Å²) in [6, 6.07) is -0.615. The minimum atomic E-state index is -1.02. The normalized spacial score (nSPS) is 35.4. The van der Waals surface area contributed by atoms with Crippen LogP contribution in [0.2, 0.25) is 0 Å². The van der Waals surface area contributed by atoms with E-state index < -0.39 is 17.6 Å². The van der Waals surface area contributed by atoms with Gasteiger partial charge in [-0.2, -0.15) is 0 Å². The van der Waals surface area contributed by atoms with Gasteiger partial charge in [-0.25, -0.2) is 0 Å². The second-order valence-corrected chi connectivity index (χ2v) is 4.51. The summed E-state index contributed by atoms with van der Waals surface area (Å²) in [5.41, 5.74) is -1.02. The second kappa shape index (κ2) is 3.55. The Morgan fingerprint density at radius 2 is 2.25 bits per heavy atom. The van der Waals surface area contributed by atoms with Gasteiger partial charge in [0.25, 0.3) is 0 Å². The van der Waals surface area contributed by atoms with E-state index in [1.807, 2.05) is 0 Å². The Hall–Kier alpha value is -1.43. The molecule has 2 heterocycles. The Morgan fingerprint density at radius 1 is 1.56 bits per heavy atom. The van der Waals surface area contributed by atoms with Gasteiger partial charge in [-0.3, -0.25) is 24.6 Å². The monoisotopic (exact) mass is 226 g/mol. The lowest BCUT2D eigenvalue weighted by Crippen LogP contribution is -2.54. The first-order valence-electron chi connectivity index (χ1n) is 5.29. The average molecular weight is 226 g/mol. The Balaban J connectivity index is 2.24. The van der Waals surface area contributed by atoms with Crippen LogP contribution in [-0.4, -0.2) is 45.9 Å². The molecule has 2 aliphatic rings. The van der Waals surface area contributed by atoms with Crippen molar-refractivity contribution in [3.05, 3.63) is 0 Å². The van der Waals surface area contributed by atoms with Crippen LogP contribution in [0, 0.1) is 0 Å². The van der Waals surface area contributed by atoms with Gasteiger partial charge in [0.15, 0.2) is 0 Å². The molecule has 2 unspecified atom stereocenters.